The monoisotopic (exact) mass is 434 g/mol. The van der Waals surface area contributed by atoms with Crippen LogP contribution in [-0.4, -0.2) is 46.8 Å². The molecular weight excluding hydrogens is 412 g/mol. The summed E-state index contributed by atoms with van der Waals surface area (Å²) in [7, 11) is 1.55. The molecule has 9 heteroatoms. The van der Waals surface area contributed by atoms with Crippen molar-refractivity contribution >= 4 is 40.0 Å². The van der Waals surface area contributed by atoms with Crippen LogP contribution >= 0.6 is 0 Å². The summed E-state index contributed by atoms with van der Waals surface area (Å²) in [6.07, 6.45) is 0. The number of carbonyl (C=O) groups is 2. The van der Waals surface area contributed by atoms with Gasteiger partial charge in [-0.2, -0.15) is 0 Å². The van der Waals surface area contributed by atoms with Gasteiger partial charge in [-0.1, -0.05) is 12.1 Å². The van der Waals surface area contributed by atoms with Crippen molar-refractivity contribution in [2.75, 3.05) is 26.1 Å². The van der Waals surface area contributed by atoms with Gasteiger partial charge in [0.25, 0.3) is 0 Å². The van der Waals surface area contributed by atoms with Crippen molar-refractivity contribution in [1.82, 2.24) is 14.5 Å². The first-order chi connectivity index (χ1) is 15.5. The van der Waals surface area contributed by atoms with E-state index in [9.17, 15) is 9.59 Å². The highest BCUT2D eigenvalue weighted by Gasteiger charge is 2.25. The van der Waals surface area contributed by atoms with Gasteiger partial charge in [-0.05, 0) is 43.3 Å². The average Bonchev–Trinajstić information content (AvgIpc) is 3.08. The molecule has 0 atom stereocenters. The molecule has 32 heavy (non-hydrogen) atoms. The molecule has 0 radical (unpaired) electrons. The lowest BCUT2D eigenvalue weighted by Crippen LogP contribution is -2.14. The number of carbonyl (C=O) groups excluding carboxylic acids is 2. The number of nitrogens with two attached hydrogens (primary N) is 1. The predicted octanol–water partition coefficient (Wildman–Crippen LogP) is 3.21. The molecule has 0 unspecified atom stereocenters. The molecule has 0 saturated heterocycles. The number of methoxy groups -OCH3 is 1. The van der Waals surface area contributed by atoms with Gasteiger partial charge in [-0.3, -0.25) is 0 Å². The van der Waals surface area contributed by atoms with Crippen LogP contribution in [0.5, 0.6) is 5.75 Å². The van der Waals surface area contributed by atoms with E-state index in [0.29, 0.717) is 33.5 Å². The highest BCUT2D eigenvalue weighted by molar-refractivity contribution is 6.08. The zero-order valence-electron chi connectivity index (χ0n) is 17.7. The van der Waals surface area contributed by atoms with E-state index < -0.39 is 11.9 Å². The van der Waals surface area contributed by atoms with E-state index in [1.165, 1.54) is 0 Å². The molecule has 0 amide bonds. The van der Waals surface area contributed by atoms with Crippen LogP contribution in [0.2, 0.25) is 0 Å². The first-order valence-electron chi connectivity index (χ1n) is 10.1. The van der Waals surface area contributed by atoms with Crippen molar-refractivity contribution < 1.29 is 23.8 Å². The van der Waals surface area contributed by atoms with Crippen LogP contribution in [0.1, 0.15) is 27.6 Å². The normalized spacial score (nSPS) is 10.9. The minimum atomic E-state index is -0.575. The summed E-state index contributed by atoms with van der Waals surface area (Å²) in [6.45, 7) is 2.13. The summed E-state index contributed by atoms with van der Waals surface area (Å²) in [4.78, 5) is 34.1. The van der Waals surface area contributed by atoms with Gasteiger partial charge in [0.1, 0.15) is 29.3 Å². The van der Waals surface area contributed by atoms with Crippen molar-refractivity contribution in [3.8, 4) is 5.75 Å². The van der Waals surface area contributed by atoms with E-state index in [4.69, 9.17) is 19.9 Å². The summed E-state index contributed by atoms with van der Waals surface area (Å²) >= 11 is 0. The fraction of sp³-hybridized carbons (Fsp3) is 0.217. The Balaban J connectivity index is 1.63. The Morgan fingerprint density at radius 1 is 0.969 bits per heavy atom. The number of hydrogen-bond donors (Lipinski definition) is 1. The minimum absolute atomic E-state index is 0.0234. The number of anilines is 1. The number of hydrogen-bond acceptors (Lipinski definition) is 8. The van der Waals surface area contributed by atoms with Crippen LogP contribution in [-0.2, 0) is 16.0 Å². The molecule has 2 aromatic heterocycles. The van der Waals surface area contributed by atoms with Crippen LogP contribution < -0.4 is 10.5 Å². The molecule has 4 aromatic rings. The fourth-order valence-electron chi connectivity index (χ4n) is 3.39. The van der Waals surface area contributed by atoms with Gasteiger partial charge in [0.2, 0.25) is 0 Å². The molecule has 0 aliphatic rings. The number of rotatable bonds is 7. The summed E-state index contributed by atoms with van der Waals surface area (Å²) in [6, 6.07) is 13.9. The van der Waals surface area contributed by atoms with E-state index in [-0.39, 0.29) is 31.1 Å². The molecule has 2 aromatic carbocycles. The molecule has 9 nitrogen and oxygen atoms in total. The Kier molecular flexibility index (Phi) is 5.89. The molecule has 0 aliphatic heterocycles. The Morgan fingerprint density at radius 2 is 1.66 bits per heavy atom. The van der Waals surface area contributed by atoms with Crippen LogP contribution in [0.15, 0.2) is 48.5 Å². The van der Waals surface area contributed by atoms with Crippen molar-refractivity contribution in [1.29, 1.82) is 0 Å². The number of esters is 2. The standard InChI is InChI=1S/C23H22N4O5/c1-3-31-23(29)18-19-21(26-17-7-5-4-6-16(17)25-19)27(20(18)24)12-13-32-22(28)14-8-10-15(30-2)11-9-14/h4-11H,3,12-13,24H2,1-2H3. The van der Waals surface area contributed by atoms with Crippen molar-refractivity contribution in [2.24, 2.45) is 0 Å². The third-order valence-electron chi connectivity index (χ3n) is 4.94. The van der Waals surface area contributed by atoms with E-state index in [1.807, 2.05) is 18.2 Å². The summed E-state index contributed by atoms with van der Waals surface area (Å²) in [5.74, 6) is -0.252. The second kappa shape index (κ2) is 8.93. The minimum Gasteiger partial charge on any atom is -0.497 e. The SMILES string of the molecule is CCOC(=O)c1c(N)n(CCOC(=O)c2ccc(OC)cc2)c2nc3ccccc3nc12. The second-order valence-corrected chi connectivity index (χ2v) is 6.88. The highest BCUT2D eigenvalue weighted by Crippen LogP contribution is 2.28. The number of nitrogen functional groups attached to an aromatic ring is 1. The first-order valence-corrected chi connectivity index (χ1v) is 10.1. The largest absolute Gasteiger partial charge is 0.497 e. The highest BCUT2D eigenvalue weighted by atomic mass is 16.5. The van der Waals surface area contributed by atoms with Crippen molar-refractivity contribution in [3.63, 3.8) is 0 Å². The van der Waals surface area contributed by atoms with Crippen LogP contribution in [0, 0.1) is 0 Å². The van der Waals surface area contributed by atoms with Crippen LogP contribution in [0.4, 0.5) is 5.82 Å². The quantitative estimate of drug-likeness (QED) is 0.441. The Bertz CT molecular complexity index is 1300. The van der Waals surface area contributed by atoms with Gasteiger partial charge in [0.05, 0.1) is 36.9 Å². The lowest BCUT2D eigenvalue weighted by atomic mass is 10.2. The maximum absolute atomic E-state index is 12.6. The maximum Gasteiger partial charge on any atom is 0.344 e. The van der Waals surface area contributed by atoms with Gasteiger partial charge >= 0.3 is 11.9 Å². The molecule has 0 spiro atoms. The number of nitrogens with zero attached hydrogens (tertiary/aromatic N) is 3. The zero-order chi connectivity index (χ0) is 22.7. The van der Waals surface area contributed by atoms with Crippen molar-refractivity contribution in [3.05, 3.63) is 59.7 Å². The van der Waals surface area contributed by atoms with E-state index in [2.05, 4.69) is 9.97 Å². The molecule has 0 bridgehead atoms. The summed E-state index contributed by atoms with van der Waals surface area (Å²) in [5.41, 5.74) is 8.91. The number of benzene rings is 2. The number of ether oxygens (including phenoxy) is 3. The molecule has 164 valence electrons. The average molecular weight is 434 g/mol. The molecule has 0 fully saturated rings. The third-order valence-corrected chi connectivity index (χ3v) is 4.94. The third kappa shape index (κ3) is 3.92. The molecule has 4 rings (SSSR count). The molecule has 2 heterocycles. The van der Waals surface area contributed by atoms with E-state index in [0.717, 1.165) is 0 Å². The lowest BCUT2D eigenvalue weighted by molar-refractivity contribution is 0.0488. The summed E-state index contributed by atoms with van der Waals surface area (Å²) in [5, 5.41) is 0. The summed E-state index contributed by atoms with van der Waals surface area (Å²) < 4.78 is 17.3. The smallest absolute Gasteiger partial charge is 0.344 e. The fourth-order valence-corrected chi connectivity index (χ4v) is 3.39. The van der Waals surface area contributed by atoms with E-state index >= 15 is 0 Å². The van der Waals surface area contributed by atoms with Gasteiger partial charge in [0, 0.05) is 0 Å². The molecule has 0 saturated carbocycles. The maximum atomic E-state index is 12.6. The van der Waals surface area contributed by atoms with Crippen molar-refractivity contribution in [2.45, 2.75) is 13.5 Å². The Labute approximate surface area is 183 Å². The lowest BCUT2D eigenvalue weighted by Gasteiger charge is -2.09. The van der Waals surface area contributed by atoms with Gasteiger partial charge in [0.15, 0.2) is 5.65 Å². The van der Waals surface area contributed by atoms with Crippen LogP contribution in [0.3, 0.4) is 0 Å². The second-order valence-electron chi connectivity index (χ2n) is 6.88. The topological polar surface area (TPSA) is 119 Å². The van der Waals surface area contributed by atoms with Gasteiger partial charge < -0.3 is 24.5 Å². The Hall–Kier alpha value is -4.14. The molecule has 0 aliphatic carbocycles. The zero-order valence-corrected chi connectivity index (χ0v) is 17.7. The van der Waals surface area contributed by atoms with Gasteiger partial charge in [-0.15, -0.1) is 0 Å². The molecule has 2 N–H and O–H groups in total. The number of aromatic nitrogens is 3. The predicted molar refractivity (Wildman–Crippen MR) is 119 cm³/mol. The van der Waals surface area contributed by atoms with Crippen LogP contribution in [0.25, 0.3) is 22.2 Å². The Morgan fingerprint density at radius 3 is 2.31 bits per heavy atom. The molecular formula is C23H22N4O5. The number of fused-ring (bicyclic) bond motifs is 2. The number of para-hydroxylation sites is 2. The van der Waals surface area contributed by atoms with Gasteiger partial charge in [-0.25, -0.2) is 19.6 Å². The first kappa shape index (κ1) is 21.1. The van der Waals surface area contributed by atoms with E-state index in [1.54, 1.807) is 48.9 Å².